The number of imidazole rings is 1. The molecule has 0 saturated heterocycles. The van der Waals surface area contributed by atoms with Gasteiger partial charge in [0.05, 0.1) is 33.3 Å². The number of carbonyl (C=O) groups is 1. The van der Waals surface area contributed by atoms with Crippen LogP contribution in [0.15, 0.2) is 18.2 Å². The van der Waals surface area contributed by atoms with Crippen molar-refractivity contribution in [2.75, 3.05) is 0 Å². The van der Waals surface area contributed by atoms with Gasteiger partial charge >= 0.3 is 0 Å². The fourth-order valence-corrected chi connectivity index (χ4v) is 4.33. The average molecular weight is 361 g/mol. The number of benzene rings is 1. The van der Waals surface area contributed by atoms with E-state index in [1.807, 2.05) is 17.0 Å². The van der Waals surface area contributed by atoms with Gasteiger partial charge in [-0.05, 0) is 25.5 Å². The van der Waals surface area contributed by atoms with Crippen molar-refractivity contribution in [3.05, 3.63) is 44.6 Å². The summed E-state index contributed by atoms with van der Waals surface area (Å²) in [6.07, 6.45) is 1.72. The highest BCUT2D eigenvalue weighted by Gasteiger charge is 2.31. The molecule has 0 aliphatic carbocycles. The van der Waals surface area contributed by atoms with E-state index in [1.165, 1.54) is 4.88 Å². The summed E-state index contributed by atoms with van der Waals surface area (Å²) in [5, 5.41) is 1.71. The second-order valence-corrected chi connectivity index (χ2v) is 7.61. The zero-order valence-corrected chi connectivity index (χ0v) is 15.0. The van der Waals surface area contributed by atoms with Gasteiger partial charge in [-0.1, -0.05) is 24.6 Å². The molecular formula is C17H17ClN4OS. The Labute approximate surface area is 148 Å². The van der Waals surface area contributed by atoms with Gasteiger partial charge in [-0.25, -0.2) is 9.97 Å². The van der Waals surface area contributed by atoms with Crippen molar-refractivity contribution >= 4 is 39.9 Å². The number of para-hydroxylation sites is 1. The Morgan fingerprint density at radius 3 is 3.04 bits per heavy atom. The number of hydrogen-bond donors (Lipinski definition) is 1. The van der Waals surface area contributed by atoms with Gasteiger partial charge in [-0.15, -0.1) is 11.3 Å². The Balaban J connectivity index is 1.66. The number of rotatable bonds is 2. The molecule has 0 bridgehead atoms. The van der Waals surface area contributed by atoms with Crippen molar-refractivity contribution in [3.63, 3.8) is 0 Å². The van der Waals surface area contributed by atoms with Crippen LogP contribution in [0.1, 0.15) is 40.0 Å². The molecule has 0 unspecified atom stereocenters. The van der Waals surface area contributed by atoms with Crippen LogP contribution in [-0.2, 0) is 19.4 Å². The molecule has 1 atom stereocenters. The van der Waals surface area contributed by atoms with E-state index in [2.05, 4.69) is 28.8 Å². The number of amides is 1. The molecule has 1 aromatic carbocycles. The van der Waals surface area contributed by atoms with Crippen molar-refractivity contribution < 1.29 is 4.79 Å². The highest BCUT2D eigenvalue weighted by Crippen LogP contribution is 2.30. The van der Waals surface area contributed by atoms with Crippen LogP contribution in [0.4, 0.5) is 0 Å². The zero-order valence-electron chi connectivity index (χ0n) is 13.5. The number of thiazole rings is 1. The van der Waals surface area contributed by atoms with Crippen molar-refractivity contribution in [2.45, 2.75) is 39.3 Å². The van der Waals surface area contributed by atoms with E-state index in [-0.39, 0.29) is 11.9 Å². The molecule has 3 heterocycles. The lowest BCUT2D eigenvalue weighted by Crippen LogP contribution is -2.42. The van der Waals surface area contributed by atoms with E-state index in [1.54, 1.807) is 17.4 Å². The number of nitrogens with zero attached hydrogens (tertiary/aromatic N) is 3. The average Bonchev–Trinajstić information content (AvgIpc) is 3.17. The molecule has 0 saturated carbocycles. The summed E-state index contributed by atoms with van der Waals surface area (Å²) in [4.78, 5) is 28.2. The van der Waals surface area contributed by atoms with E-state index in [4.69, 9.17) is 11.6 Å². The Morgan fingerprint density at radius 2 is 2.29 bits per heavy atom. The molecular weight excluding hydrogens is 344 g/mol. The lowest BCUT2D eigenvalue weighted by molar-refractivity contribution is 0.0649. The monoisotopic (exact) mass is 360 g/mol. The van der Waals surface area contributed by atoms with E-state index in [0.717, 1.165) is 23.5 Å². The number of halogens is 1. The fourth-order valence-electron chi connectivity index (χ4n) is 3.08. The lowest BCUT2D eigenvalue weighted by atomic mass is 10.1. The van der Waals surface area contributed by atoms with Crippen molar-refractivity contribution in [1.29, 1.82) is 0 Å². The van der Waals surface area contributed by atoms with Crippen molar-refractivity contribution in [1.82, 2.24) is 19.9 Å². The summed E-state index contributed by atoms with van der Waals surface area (Å²) < 4.78 is 0. The highest BCUT2D eigenvalue weighted by atomic mass is 35.5. The van der Waals surface area contributed by atoms with Crippen LogP contribution in [0, 0.1) is 0 Å². The maximum Gasteiger partial charge on any atom is 0.290 e. The van der Waals surface area contributed by atoms with Gasteiger partial charge in [-0.2, -0.15) is 0 Å². The minimum absolute atomic E-state index is 0.0909. The molecule has 1 amide bonds. The first-order valence-electron chi connectivity index (χ1n) is 7.99. The summed E-state index contributed by atoms with van der Waals surface area (Å²) in [6.45, 7) is 4.76. The molecule has 0 radical (unpaired) electrons. The van der Waals surface area contributed by atoms with Gasteiger partial charge in [0.1, 0.15) is 0 Å². The first-order valence-corrected chi connectivity index (χ1v) is 9.19. The third-order valence-electron chi connectivity index (χ3n) is 4.39. The molecule has 1 aliphatic heterocycles. The standard InChI is InChI=1S/C17H17ClN4OS/c1-3-14-19-12-7-9(2)22(8-13(12)24-14)17(23)16-20-11-6-4-5-10(18)15(11)21-16/h4-6,9H,3,7-8H2,1-2H3,(H,20,21)/t9-/m1/s1. The predicted octanol–water partition coefficient (Wildman–Crippen LogP) is 3.82. The SMILES string of the molecule is CCc1nc2c(s1)CN(C(=O)c1nc3cccc(Cl)c3[nH]1)[C@H](C)C2. The Bertz CT molecular complexity index is 932. The molecule has 1 aliphatic rings. The van der Waals surface area contributed by atoms with E-state index < -0.39 is 0 Å². The van der Waals surface area contributed by atoms with Crippen LogP contribution in [0.25, 0.3) is 11.0 Å². The first kappa shape index (κ1) is 15.6. The van der Waals surface area contributed by atoms with Crippen LogP contribution in [0.2, 0.25) is 5.02 Å². The quantitative estimate of drug-likeness (QED) is 0.755. The Kier molecular flexibility index (Phi) is 3.81. The van der Waals surface area contributed by atoms with Crippen molar-refractivity contribution in [2.24, 2.45) is 0 Å². The number of aromatic amines is 1. The largest absolute Gasteiger partial charge is 0.333 e. The number of aryl methyl sites for hydroxylation is 1. The highest BCUT2D eigenvalue weighted by molar-refractivity contribution is 7.11. The Morgan fingerprint density at radius 1 is 1.46 bits per heavy atom. The lowest BCUT2D eigenvalue weighted by Gasteiger charge is -2.32. The third kappa shape index (κ3) is 2.50. The number of hydrogen-bond acceptors (Lipinski definition) is 4. The number of carbonyl (C=O) groups excluding carboxylic acids is 1. The van der Waals surface area contributed by atoms with Crippen LogP contribution in [0.5, 0.6) is 0 Å². The van der Waals surface area contributed by atoms with Crippen LogP contribution >= 0.6 is 22.9 Å². The van der Waals surface area contributed by atoms with Gasteiger partial charge in [0.25, 0.3) is 5.91 Å². The van der Waals surface area contributed by atoms with E-state index in [9.17, 15) is 4.79 Å². The van der Waals surface area contributed by atoms with Gasteiger partial charge in [0, 0.05) is 17.3 Å². The smallest absolute Gasteiger partial charge is 0.290 e. The van der Waals surface area contributed by atoms with Gasteiger partial charge in [0.15, 0.2) is 5.82 Å². The summed E-state index contributed by atoms with van der Waals surface area (Å²) in [7, 11) is 0. The summed E-state index contributed by atoms with van der Waals surface area (Å²) in [6, 6.07) is 5.57. The third-order valence-corrected chi connectivity index (χ3v) is 5.93. The maximum absolute atomic E-state index is 13.0. The van der Waals surface area contributed by atoms with Crippen LogP contribution < -0.4 is 0 Å². The van der Waals surface area contributed by atoms with Crippen LogP contribution in [0.3, 0.4) is 0 Å². The molecule has 0 spiro atoms. The minimum atomic E-state index is -0.0909. The number of aromatic nitrogens is 3. The van der Waals surface area contributed by atoms with Gasteiger partial charge < -0.3 is 9.88 Å². The van der Waals surface area contributed by atoms with Crippen molar-refractivity contribution in [3.8, 4) is 0 Å². The fraction of sp³-hybridized carbons (Fsp3) is 0.353. The number of nitrogens with one attached hydrogen (secondary N) is 1. The maximum atomic E-state index is 13.0. The summed E-state index contributed by atoms with van der Waals surface area (Å²) in [5.74, 6) is 0.250. The second kappa shape index (κ2) is 5.86. The number of fused-ring (bicyclic) bond motifs is 2. The predicted molar refractivity (Wildman–Crippen MR) is 95.6 cm³/mol. The molecule has 5 nitrogen and oxygen atoms in total. The zero-order chi connectivity index (χ0) is 16.8. The summed E-state index contributed by atoms with van der Waals surface area (Å²) in [5.41, 5.74) is 2.56. The minimum Gasteiger partial charge on any atom is -0.333 e. The molecule has 124 valence electrons. The molecule has 24 heavy (non-hydrogen) atoms. The first-order chi connectivity index (χ1) is 11.6. The van der Waals surface area contributed by atoms with E-state index >= 15 is 0 Å². The molecule has 4 rings (SSSR count). The topological polar surface area (TPSA) is 61.9 Å². The normalized spacial score (nSPS) is 17.3. The molecule has 7 heteroatoms. The van der Waals surface area contributed by atoms with Crippen LogP contribution in [-0.4, -0.2) is 31.8 Å². The molecule has 2 aromatic heterocycles. The molecule has 3 aromatic rings. The summed E-state index contributed by atoms with van der Waals surface area (Å²) >= 11 is 7.88. The van der Waals surface area contributed by atoms with E-state index in [0.29, 0.717) is 28.4 Å². The Hall–Kier alpha value is -1.92. The number of H-pyrrole nitrogens is 1. The van der Waals surface area contributed by atoms with Gasteiger partial charge in [-0.3, -0.25) is 4.79 Å². The molecule has 0 fully saturated rings. The molecule has 1 N–H and O–H groups in total. The van der Waals surface area contributed by atoms with Gasteiger partial charge in [0.2, 0.25) is 0 Å². The second-order valence-electron chi connectivity index (χ2n) is 6.04.